The number of nitrogens with two attached hydrogens (primary N) is 1. The van der Waals surface area contributed by atoms with Gasteiger partial charge in [0, 0.05) is 24.3 Å². The summed E-state index contributed by atoms with van der Waals surface area (Å²) in [7, 11) is -3.96. The smallest absolute Gasteiger partial charge is 0.333 e. The Bertz CT molecular complexity index is 1380. The van der Waals surface area contributed by atoms with E-state index in [1.54, 1.807) is 0 Å². The van der Waals surface area contributed by atoms with Crippen LogP contribution in [0.3, 0.4) is 0 Å². The van der Waals surface area contributed by atoms with Gasteiger partial charge in [-0.25, -0.2) is 15.1 Å². The molecular weight excluding hydrogens is 522 g/mol. The first-order valence-corrected chi connectivity index (χ1v) is 14.3. The van der Waals surface area contributed by atoms with E-state index in [0.29, 0.717) is 27.0 Å². The molecule has 9 nitrogen and oxygen atoms in total. The predicted molar refractivity (Wildman–Crippen MR) is 139 cm³/mol. The van der Waals surface area contributed by atoms with E-state index < -0.39 is 10.3 Å². The molecule has 1 aliphatic carbocycles. The zero-order valence-corrected chi connectivity index (χ0v) is 21.7. The molecule has 1 aromatic carbocycles. The maximum Gasteiger partial charge on any atom is 0.333 e. The molecule has 0 spiro atoms. The molecule has 0 bridgehead atoms. The molecule has 1 aliphatic heterocycles. The van der Waals surface area contributed by atoms with Gasteiger partial charge in [0.15, 0.2) is 0 Å². The topological polar surface area (TPSA) is 136 Å². The van der Waals surface area contributed by atoms with E-state index in [-0.39, 0.29) is 30.4 Å². The monoisotopic (exact) mass is 547 g/mol. The largest absolute Gasteiger partial charge is 0.367 e. The van der Waals surface area contributed by atoms with Crippen molar-refractivity contribution in [1.82, 2.24) is 15.3 Å². The van der Waals surface area contributed by atoms with Crippen molar-refractivity contribution in [2.45, 2.75) is 37.8 Å². The van der Waals surface area contributed by atoms with Crippen molar-refractivity contribution in [2.24, 2.45) is 11.1 Å². The van der Waals surface area contributed by atoms with E-state index in [2.05, 4.69) is 32.7 Å². The molecular formula is C24H26ClN5O4S2. The fourth-order valence-electron chi connectivity index (χ4n) is 4.96. The van der Waals surface area contributed by atoms with Crippen molar-refractivity contribution >= 4 is 44.8 Å². The first kappa shape index (κ1) is 25.2. The Morgan fingerprint density at radius 1 is 1.28 bits per heavy atom. The molecule has 2 unspecified atom stereocenters. The van der Waals surface area contributed by atoms with Crippen LogP contribution in [0.1, 0.15) is 57.2 Å². The summed E-state index contributed by atoms with van der Waals surface area (Å²) in [5.74, 6) is 0.291. The SMILES string of the molecule is NS(=O)(=O)OC[C@H]1CCC(Nc2ncncc2C(=O)c2cc(C3NCCc4ccccc43)c(Cl)s2)C1. The Kier molecular flexibility index (Phi) is 7.38. The van der Waals surface area contributed by atoms with Crippen molar-refractivity contribution in [2.75, 3.05) is 18.5 Å². The van der Waals surface area contributed by atoms with Crippen LogP contribution >= 0.6 is 22.9 Å². The standard InChI is InChI=1S/C24H26ClN5O4S2/c25-23-18(21-17-4-2-1-3-15(17)7-8-28-21)10-20(35-23)22(31)19-11-27-13-29-24(19)30-16-6-5-14(9-16)12-34-36(26,32)33/h1-4,10-11,13-14,16,21,28H,5-9,12H2,(H2,26,32,33)(H,27,29,30)/t14-,16?,21?/m0/s1. The summed E-state index contributed by atoms with van der Waals surface area (Å²) in [5, 5.41) is 11.8. The summed E-state index contributed by atoms with van der Waals surface area (Å²) in [6.45, 7) is 0.879. The van der Waals surface area contributed by atoms with Crippen LogP contribution in [0.15, 0.2) is 42.9 Å². The van der Waals surface area contributed by atoms with Crippen LogP contribution in [0.25, 0.3) is 0 Å². The van der Waals surface area contributed by atoms with Crippen molar-refractivity contribution < 1.29 is 17.4 Å². The maximum atomic E-state index is 13.5. The summed E-state index contributed by atoms with van der Waals surface area (Å²) in [6, 6.07) is 10.1. The maximum absolute atomic E-state index is 13.5. The number of halogens is 1. The number of thiophene rings is 1. The summed E-state index contributed by atoms with van der Waals surface area (Å²) in [6.07, 6.45) is 6.10. The molecule has 3 aromatic rings. The number of carbonyl (C=O) groups excluding carboxylic acids is 1. The molecule has 12 heteroatoms. The lowest BCUT2D eigenvalue weighted by atomic mass is 9.91. The van der Waals surface area contributed by atoms with Crippen LogP contribution in [0, 0.1) is 5.92 Å². The fraction of sp³-hybridized carbons (Fsp3) is 0.375. The molecule has 4 N–H and O–H groups in total. The third kappa shape index (κ3) is 5.61. The number of carbonyl (C=O) groups is 1. The number of rotatable bonds is 8. The molecule has 0 radical (unpaired) electrons. The molecule has 1 fully saturated rings. The highest BCUT2D eigenvalue weighted by Crippen LogP contribution is 2.39. The molecule has 5 rings (SSSR count). The van der Waals surface area contributed by atoms with E-state index in [4.69, 9.17) is 20.9 Å². The van der Waals surface area contributed by atoms with Crippen molar-refractivity contribution in [3.63, 3.8) is 0 Å². The van der Waals surface area contributed by atoms with Gasteiger partial charge in [0.2, 0.25) is 5.78 Å². The van der Waals surface area contributed by atoms with Crippen LogP contribution in [0.5, 0.6) is 0 Å². The predicted octanol–water partition coefficient (Wildman–Crippen LogP) is 3.46. The third-order valence-corrected chi connectivity index (χ3v) is 8.52. The first-order valence-electron chi connectivity index (χ1n) is 11.7. The van der Waals surface area contributed by atoms with E-state index in [1.165, 1.54) is 35.0 Å². The van der Waals surface area contributed by atoms with Crippen molar-refractivity contribution in [3.05, 3.63) is 74.3 Å². The lowest BCUT2D eigenvalue weighted by Crippen LogP contribution is -2.30. The summed E-state index contributed by atoms with van der Waals surface area (Å²) >= 11 is 7.90. The van der Waals surface area contributed by atoms with Gasteiger partial charge in [-0.05, 0) is 48.8 Å². The zero-order valence-electron chi connectivity index (χ0n) is 19.3. The van der Waals surface area contributed by atoms with Gasteiger partial charge in [-0.2, -0.15) is 8.42 Å². The highest BCUT2D eigenvalue weighted by Gasteiger charge is 2.29. The van der Waals surface area contributed by atoms with Crippen molar-refractivity contribution in [3.8, 4) is 0 Å². The van der Waals surface area contributed by atoms with E-state index >= 15 is 0 Å². The summed E-state index contributed by atoms with van der Waals surface area (Å²) < 4.78 is 27.5. The number of fused-ring (bicyclic) bond motifs is 1. The number of anilines is 1. The van der Waals surface area contributed by atoms with Gasteiger partial charge >= 0.3 is 10.3 Å². The number of hydrogen-bond donors (Lipinski definition) is 3. The highest BCUT2D eigenvalue weighted by molar-refractivity contribution is 7.84. The van der Waals surface area contributed by atoms with Gasteiger partial charge in [-0.3, -0.25) is 8.98 Å². The molecule has 2 aromatic heterocycles. The Balaban J connectivity index is 1.33. The van der Waals surface area contributed by atoms with Crippen molar-refractivity contribution in [1.29, 1.82) is 0 Å². The van der Waals surface area contributed by atoms with E-state index in [9.17, 15) is 13.2 Å². The van der Waals surface area contributed by atoms with Gasteiger partial charge < -0.3 is 10.6 Å². The second kappa shape index (κ2) is 10.5. The minimum atomic E-state index is -3.96. The number of nitrogens with zero attached hydrogens (tertiary/aromatic N) is 2. The summed E-state index contributed by atoms with van der Waals surface area (Å²) in [4.78, 5) is 22.4. The number of hydrogen-bond acceptors (Lipinski definition) is 9. The minimum Gasteiger partial charge on any atom is -0.367 e. The molecule has 0 saturated heterocycles. The molecule has 2 aliphatic rings. The van der Waals surface area contributed by atoms with E-state index in [0.717, 1.165) is 31.4 Å². The van der Waals surface area contributed by atoms with Gasteiger partial charge in [-0.1, -0.05) is 35.9 Å². The Hall–Kier alpha value is -2.41. The molecule has 190 valence electrons. The van der Waals surface area contributed by atoms with Gasteiger partial charge in [0.05, 0.1) is 27.4 Å². The molecule has 36 heavy (non-hydrogen) atoms. The number of benzene rings is 1. The number of aromatic nitrogens is 2. The summed E-state index contributed by atoms with van der Waals surface area (Å²) in [5.41, 5.74) is 3.71. The fourth-order valence-corrected chi connectivity index (χ4v) is 6.63. The Morgan fingerprint density at radius 3 is 2.94 bits per heavy atom. The number of nitrogens with one attached hydrogen (secondary N) is 2. The Labute approximate surface area is 218 Å². The number of ketones is 1. The van der Waals surface area contributed by atoms with Crippen LogP contribution in [-0.4, -0.2) is 43.4 Å². The van der Waals surface area contributed by atoms with Gasteiger partial charge in [0.25, 0.3) is 0 Å². The molecule has 3 heterocycles. The van der Waals surface area contributed by atoms with Crippen LogP contribution in [0.2, 0.25) is 4.34 Å². The second-order valence-electron chi connectivity index (χ2n) is 9.09. The first-order chi connectivity index (χ1) is 17.3. The van der Waals surface area contributed by atoms with E-state index in [1.807, 2.05) is 18.2 Å². The second-order valence-corrected chi connectivity index (χ2v) is 12.0. The minimum absolute atomic E-state index is 0.0194. The zero-order chi connectivity index (χ0) is 25.3. The van der Waals surface area contributed by atoms with Gasteiger partial charge in [-0.15, -0.1) is 11.3 Å². The van der Waals surface area contributed by atoms with Gasteiger partial charge in [0.1, 0.15) is 12.1 Å². The molecule has 1 saturated carbocycles. The normalized spacial score (nSPS) is 21.8. The lowest BCUT2D eigenvalue weighted by molar-refractivity contribution is 0.104. The average Bonchev–Trinajstić information content (AvgIpc) is 3.48. The molecule has 3 atom stereocenters. The lowest BCUT2D eigenvalue weighted by Gasteiger charge is -2.26. The van der Waals surface area contributed by atoms with Crippen LogP contribution in [-0.2, 0) is 20.9 Å². The van der Waals surface area contributed by atoms with Crippen LogP contribution < -0.4 is 15.8 Å². The third-order valence-electron chi connectivity index (χ3n) is 6.66. The Morgan fingerprint density at radius 2 is 2.11 bits per heavy atom. The van der Waals surface area contributed by atoms with Crippen LogP contribution in [0.4, 0.5) is 5.82 Å². The quantitative estimate of drug-likeness (QED) is 0.365. The average molecular weight is 548 g/mol. The molecule has 0 amide bonds. The highest BCUT2D eigenvalue weighted by atomic mass is 35.5.